The van der Waals surface area contributed by atoms with E-state index in [0.717, 1.165) is 0 Å². The van der Waals surface area contributed by atoms with Crippen LogP contribution in [0.4, 0.5) is 0 Å². The van der Waals surface area contributed by atoms with Gasteiger partial charge in [0.15, 0.2) is 0 Å². The maximum absolute atomic E-state index is 8.42. The minimum Gasteiger partial charge on any atom is -0.907 e. The fourth-order valence-corrected chi connectivity index (χ4v) is 0. The van der Waals surface area contributed by atoms with E-state index in [-0.39, 0.29) is 139 Å². The molecule has 11 heavy (non-hydrogen) atoms. The third kappa shape index (κ3) is 115. The zero-order valence-corrected chi connectivity index (χ0v) is 15.3. The smallest absolute Gasteiger partial charge is 0.907 e. The van der Waals surface area contributed by atoms with Gasteiger partial charge in [0, 0.05) is 0 Å². The maximum Gasteiger partial charge on any atom is 3.00 e. The molecule has 54 valence electrons. The van der Waals surface area contributed by atoms with Gasteiger partial charge in [-0.2, -0.15) is 0 Å². The van der Waals surface area contributed by atoms with Crippen molar-refractivity contribution in [1.82, 2.24) is 0 Å². The van der Waals surface area contributed by atoms with Gasteiger partial charge in [-0.05, 0) is 0 Å². The van der Waals surface area contributed by atoms with Crippen molar-refractivity contribution >= 4 is 63.5 Å². The van der Waals surface area contributed by atoms with Crippen LogP contribution in [-0.2, 0) is 0 Å². The van der Waals surface area contributed by atoms with Gasteiger partial charge in [-0.3, -0.25) is 14.6 Å². The Kier molecular flexibility index (Phi) is 64.1. The summed E-state index contributed by atoms with van der Waals surface area (Å²) in [6.07, 6.45) is 0. The first-order chi connectivity index (χ1) is 3.46. The van der Waals surface area contributed by atoms with E-state index in [1.807, 2.05) is 0 Å². The topological polar surface area (TPSA) is 138 Å². The molecule has 0 aromatic rings. The summed E-state index contributed by atoms with van der Waals surface area (Å²) in [6.45, 7) is 0. The normalized spacial score (nSPS) is 4.91. The summed E-state index contributed by atoms with van der Waals surface area (Å²) in [5.74, 6) is 0. The monoisotopic (exact) mass is 454 g/mol. The van der Waals surface area contributed by atoms with Gasteiger partial charge in [0.25, 0.3) is 0 Å². The molecule has 0 fully saturated rings. The van der Waals surface area contributed by atoms with Crippen LogP contribution in [0.3, 0.4) is 0 Å². The van der Waals surface area contributed by atoms with Crippen LogP contribution >= 0.6 is 0 Å². The quantitative estimate of drug-likeness (QED) is 0.334. The Labute approximate surface area is 178 Å². The minimum absolute atomic E-state index is 0. The van der Waals surface area contributed by atoms with Gasteiger partial charge in [-0.15, -0.1) is 0 Å². The summed E-state index contributed by atoms with van der Waals surface area (Å²) >= 11 is 0. The summed E-state index contributed by atoms with van der Waals surface area (Å²) in [5.41, 5.74) is 0. The van der Waals surface area contributed by atoms with Crippen LogP contribution in [-0.4, -0.2) is 63.5 Å². The predicted octanol–water partition coefficient (Wildman–Crippen LogP) is -11.3. The molecule has 0 aliphatic heterocycles. The van der Waals surface area contributed by atoms with E-state index in [2.05, 4.69) is 0 Å². The average Bonchev–Trinajstić information content (AvgIpc) is 1.25. The third-order valence-electron chi connectivity index (χ3n) is 0. The number of rotatable bonds is 0. The minimum atomic E-state index is -2.92. The Hall–Kier alpha value is 4.38. The molecule has 0 aliphatic rings. The molecule has 0 aliphatic carbocycles. The Morgan fingerprint density at radius 3 is 0.636 bits per heavy atom. The molecule has 0 atom stereocenters. The van der Waals surface area contributed by atoms with Crippen molar-refractivity contribution in [2.24, 2.45) is 0 Å². The summed E-state index contributed by atoms with van der Waals surface area (Å²) in [4.78, 5) is 0. The zero-order valence-electron chi connectivity index (χ0n) is 5.64. The van der Waals surface area contributed by atoms with Crippen LogP contribution in [0.25, 0.3) is 0 Å². The molecular formula is B2BaKO6Tb. The standard InChI is InChI=1S/2BO3.Ba.K.Tb/c2*2-1(3)4;;;/q2*-3;+2;+1;+3. The zero-order chi connectivity index (χ0) is 7.15. The predicted molar refractivity (Wildman–Crippen MR) is 17.3 cm³/mol. The second kappa shape index (κ2) is 23.9. The molecule has 0 spiro atoms. The molecule has 0 rings (SSSR count). The summed E-state index contributed by atoms with van der Waals surface area (Å²) in [5, 5.41) is 50.5. The maximum atomic E-state index is 8.42. The van der Waals surface area contributed by atoms with Crippen LogP contribution in [0.15, 0.2) is 0 Å². The molecule has 6 nitrogen and oxygen atoms in total. The second-order valence-corrected chi connectivity index (χ2v) is 0.577. The first-order valence-corrected chi connectivity index (χ1v) is 1.41. The molecule has 0 amide bonds. The third-order valence-corrected chi connectivity index (χ3v) is 0. The van der Waals surface area contributed by atoms with Crippen molar-refractivity contribution < 1.29 is 120 Å². The molecule has 0 saturated heterocycles. The molecule has 0 bridgehead atoms. The molecule has 0 radical (unpaired) electrons. The van der Waals surface area contributed by atoms with Gasteiger partial charge in [0.05, 0.1) is 0 Å². The van der Waals surface area contributed by atoms with Crippen LogP contribution in [0.2, 0.25) is 0 Å². The molecular weight excluding hydrogens is 453 g/mol. The first kappa shape index (κ1) is 29.5. The van der Waals surface area contributed by atoms with Crippen molar-refractivity contribution in [1.29, 1.82) is 0 Å². The Balaban J connectivity index is -0.0000000171. The number of hydrogen-bond acceptors (Lipinski definition) is 6. The van der Waals surface area contributed by atoms with Crippen LogP contribution < -0.4 is 81.5 Å². The van der Waals surface area contributed by atoms with Gasteiger partial charge >= 0.3 is 139 Å². The summed E-state index contributed by atoms with van der Waals surface area (Å²) in [7, 11) is -5.83. The summed E-state index contributed by atoms with van der Waals surface area (Å²) in [6, 6.07) is 0. The Bertz CT molecular complexity index is 36.1. The molecule has 0 aromatic carbocycles. The van der Waals surface area contributed by atoms with Crippen molar-refractivity contribution in [2.75, 3.05) is 0 Å². The molecule has 0 heterocycles. The van der Waals surface area contributed by atoms with Gasteiger partial charge < -0.3 is 30.1 Å². The SMILES string of the molecule is [Ba+2].[K+].[O-]B([O-])[O-].[O-]B([O-])[O-].[Tb+3]. The second-order valence-electron chi connectivity index (χ2n) is 0.577. The van der Waals surface area contributed by atoms with E-state index in [1.54, 1.807) is 0 Å². The van der Waals surface area contributed by atoms with Gasteiger partial charge in [0.2, 0.25) is 0 Å². The number of hydrogen-bond donors (Lipinski definition) is 0. The van der Waals surface area contributed by atoms with Crippen LogP contribution in [0.1, 0.15) is 0 Å². The molecule has 0 aromatic heterocycles. The van der Waals surface area contributed by atoms with Crippen LogP contribution in [0.5, 0.6) is 0 Å². The Morgan fingerprint density at radius 2 is 0.636 bits per heavy atom. The molecule has 0 unspecified atom stereocenters. The molecule has 11 heteroatoms. The largest absolute Gasteiger partial charge is 3.00 e. The first-order valence-electron chi connectivity index (χ1n) is 1.41. The molecule has 0 saturated carbocycles. The molecule has 0 N–H and O–H groups in total. The van der Waals surface area contributed by atoms with E-state index >= 15 is 0 Å². The van der Waals surface area contributed by atoms with E-state index in [0.29, 0.717) is 0 Å². The van der Waals surface area contributed by atoms with Crippen molar-refractivity contribution in [3.63, 3.8) is 0 Å². The summed E-state index contributed by atoms with van der Waals surface area (Å²) < 4.78 is 0. The van der Waals surface area contributed by atoms with Crippen LogP contribution in [0, 0.1) is 38.6 Å². The van der Waals surface area contributed by atoms with E-state index in [1.165, 1.54) is 0 Å². The van der Waals surface area contributed by atoms with E-state index in [9.17, 15) is 0 Å². The van der Waals surface area contributed by atoms with E-state index < -0.39 is 14.6 Å². The van der Waals surface area contributed by atoms with Gasteiger partial charge in [-0.25, -0.2) is 0 Å². The average molecular weight is 453 g/mol. The Morgan fingerprint density at radius 1 is 0.636 bits per heavy atom. The fourth-order valence-electron chi connectivity index (χ4n) is 0. The van der Waals surface area contributed by atoms with E-state index in [4.69, 9.17) is 30.1 Å². The van der Waals surface area contributed by atoms with Crippen molar-refractivity contribution in [2.45, 2.75) is 0 Å². The van der Waals surface area contributed by atoms with Gasteiger partial charge in [0.1, 0.15) is 0 Å². The van der Waals surface area contributed by atoms with Crippen molar-refractivity contribution in [3.8, 4) is 0 Å². The fraction of sp³-hybridized carbons (Fsp3) is 0. The van der Waals surface area contributed by atoms with Crippen molar-refractivity contribution in [3.05, 3.63) is 0 Å². The van der Waals surface area contributed by atoms with Gasteiger partial charge in [-0.1, -0.05) is 0 Å².